The highest BCUT2D eigenvalue weighted by Crippen LogP contribution is 2.34. The second kappa shape index (κ2) is 10.5. The highest BCUT2D eigenvalue weighted by molar-refractivity contribution is 7.91. The molecule has 4 rings (SSSR count). The summed E-state index contributed by atoms with van der Waals surface area (Å²) in [5.41, 5.74) is 1.36. The maximum atomic E-state index is 13.6. The minimum atomic E-state index is -3.75. The summed E-state index contributed by atoms with van der Waals surface area (Å²) in [6.45, 7) is 3.47. The molecule has 0 amide bonds. The van der Waals surface area contributed by atoms with Gasteiger partial charge in [-0.2, -0.15) is 15.1 Å². The Labute approximate surface area is 214 Å². The van der Waals surface area contributed by atoms with Crippen LogP contribution < -0.4 is 14.2 Å². The summed E-state index contributed by atoms with van der Waals surface area (Å²) in [4.78, 5) is 12.7. The Hall–Kier alpha value is -4.07. The lowest BCUT2D eigenvalue weighted by molar-refractivity contribution is 0.368. The van der Waals surface area contributed by atoms with Gasteiger partial charge in [0, 0.05) is 24.9 Å². The number of nitrogens with zero attached hydrogens (tertiary/aromatic N) is 8. The Morgan fingerprint density at radius 3 is 2.19 bits per heavy atom. The van der Waals surface area contributed by atoms with Gasteiger partial charge in [0.1, 0.15) is 23.5 Å². The first-order valence-electron chi connectivity index (χ1n) is 11.3. The molecule has 4 aromatic heterocycles. The molecule has 0 saturated carbocycles. The predicted molar refractivity (Wildman–Crippen MR) is 134 cm³/mol. The molecule has 0 radical (unpaired) electrons. The van der Waals surface area contributed by atoms with Crippen LogP contribution in [0.25, 0.3) is 17.2 Å². The Morgan fingerprint density at radius 2 is 1.65 bits per heavy atom. The quantitative estimate of drug-likeness (QED) is 0.297. The van der Waals surface area contributed by atoms with Crippen LogP contribution in [-0.4, -0.2) is 74.5 Å². The van der Waals surface area contributed by atoms with Crippen molar-refractivity contribution in [3.63, 3.8) is 0 Å². The maximum Gasteiger partial charge on any atom is 0.245 e. The molecule has 14 heteroatoms. The van der Waals surface area contributed by atoms with Gasteiger partial charge in [-0.3, -0.25) is 14.2 Å². The van der Waals surface area contributed by atoms with Gasteiger partial charge in [-0.1, -0.05) is 6.92 Å². The second-order valence-electron chi connectivity index (χ2n) is 8.31. The van der Waals surface area contributed by atoms with E-state index in [2.05, 4.69) is 30.2 Å². The summed E-state index contributed by atoms with van der Waals surface area (Å²) in [5, 5.41) is 12.1. The summed E-state index contributed by atoms with van der Waals surface area (Å²) in [6, 6.07) is 5.25. The molecule has 0 saturated heterocycles. The number of aryl methyl sites for hydroxylation is 1. The molecule has 0 unspecified atom stereocenters. The third-order valence-electron chi connectivity index (χ3n) is 6.10. The molecule has 4 aromatic rings. The van der Waals surface area contributed by atoms with Gasteiger partial charge in [0.2, 0.25) is 11.8 Å². The van der Waals surface area contributed by atoms with Crippen LogP contribution in [-0.2, 0) is 22.6 Å². The third kappa shape index (κ3) is 5.09. The first kappa shape index (κ1) is 26.0. The first-order chi connectivity index (χ1) is 17.7. The highest BCUT2D eigenvalue weighted by atomic mass is 32.2. The van der Waals surface area contributed by atoms with Crippen LogP contribution in [0.15, 0.2) is 36.9 Å². The number of methoxy groups -OCH3 is 3. The zero-order valence-electron chi connectivity index (χ0n) is 21.4. The van der Waals surface area contributed by atoms with E-state index in [0.717, 1.165) is 0 Å². The van der Waals surface area contributed by atoms with E-state index in [9.17, 15) is 8.42 Å². The van der Waals surface area contributed by atoms with Gasteiger partial charge < -0.3 is 14.2 Å². The number of aromatic nitrogens is 8. The average molecular weight is 529 g/mol. The number of hydrogen-bond acceptors (Lipinski definition) is 11. The summed E-state index contributed by atoms with van der Waals surface area (Å²) >= 11 is 0. The second-order valence-corrected chi connectivity index (χ2v) is 10.7. The Bertz CT molecular complexity index is 1460. The fourth-order valence-electron chi connectivity index (χ4n) is 3.83. The van der Waals surface area contributed by atoms with E-state index in [1.165, 1.54) is 25.1 Å². The van der Waals surface area contributed by atoms with Crippen molar-refractivity contribution in [2.45, 2.75) is 30.8 Å². The van der Waals surface area contributed by atoms with Crippen molar-refractivity contribution >= 4 is 9.84 Å². The molecule has 0 bridgehead atoms. The zero-order chi connectivity index (χ0) is 26.7. The van der Waals surface area contributed by atoms with Crippen molar-refractivity contribution in [3.8, 4) is 34.7 Å². The average Bonchev–Trinajstić information content (AvgIpc) is 3.52. The summed E-state index contributed by atoms with van der Waals surface area (Å²) < 4.78 is 46.4. The Balaban J connectivity index is 1.79. The summed E-state index contributed by atoms with van der Waals surface area (Å²) in [6.07, 6.45) is 4.59. The predicted octanol–water partition coefficient (Wildman–Crippen LogP) is 1.99. The third-order valence-corrected chi connectivity index (χ3v) is 8.30. The van der Waals surface area contributed by atoms with E-state index in [1.54, 1.807) is 56.4 Å². The van der Waals surface area contributed by atoms with Gasteiger partial charge in [0.15, 0.2) is 27.2 Å². The highest BCUT2D eigenvalue weighted by Gasteiger charge is 2.33. The lowest BCUT2D eigenvalue weighted by Gasteiger charge is -2.20. The Morgan fingerprint density at radius 1 is 0.946 bits per heavy atom. The Kier molecular flexibility index (Phi) is 7.38. The fourth-order valence-corrected chi connectivity index (χ4v) is 5.40. The topological polar surface area (TPSA) is 149 Å². The molecule has 0 fully saturated rings. The van der Waals surface area contributed by atoms with Crippen LogP contribution in [0.2, 0.25) is 0 Å². The van der Waals surface area contributed by atoms with E-state index in [1.807, 2.05) is 6.92 Å². The molecule has 37 heavy (non-hydrogen) atoms. The molecule has 0 aliphatic carbocycles. The standard InChI is InChI=1S/C23H28N8O5S/c1-14(17-8-7-16(34-4)11-24-17)15(2)37(32,33)12-19-27-28-21(18-9-10-30(3)29-18)31(19)20-22(35-5)25-13-26-23(20)36-6/h7-11,13-15H,12H2,1-6H3/t14-,15-/m0/s1. The summed E-state index contributed by atoms with van der Waals surface area (Å²) in [7, 11) is 2.44. The fraction of sp³-hybridized carbons (Fsp3) is 0.391. The minimum absolute atomic E-state index is 0.133. The van der Waals surface area contributed by atoms with Crippen molar-refractivity contribution in [2.75, 3.05) is 21.3 Å². The lowest BCUT2D eigenvalue weighted by Crippen LogP contribution is -2.27. The molecule has 0 aromatic carbocycles. The molecule has 196 valence electrons. The first-order valence-corrected chi connectivity index (χ1v) is 13.0. The van der Waals surface area contributed by atoms with E-state index in [-0.39, 0.29) is 29.1 Å². The molecule has 0 N–H and O–H groups in total. The van der Waals surface area contributed by atoms with E-state index in [4.69, 9.17) is 14.2 Å². The van der Waals surface area contributed by atoms with Gasteiger partial charge >= 0.3 is 0 Å². The molecule has 0 aliphatic rings. The van der Waals surface area contributed by atoms with Crippen molar-refractivity contribution < 1.29 is 22.6 Å². The number of sulfone groups is 1. The van der Waals surface area contributed by atoms with Crippen LogP contribution in [0, 0.1) is 0 Å². The van der Waals surface area contributed by atoms with E-state index >= 15 is 0 Å². The minimum Gasteiger partial charge on any atom is -0.495 e. The monoisotopic (exact) mass is 528 g/mol. The normalized spacial score (nSPS) is 13.2. The van der Waals surface area contributed by atoms with Gasteiger partial charge in [-0.15, -0.1) is 10.2 Å². The largest absolute Gasteiger partial charge is 0.495 e. The maximum absolute atomic E-state index is 13.6. The van der Waals surface area contributed by atoms with Crippen LogP contribution in [0.5, 0.6) is 17.5 Å². The molecule has 2 atom stereocenters. The SMILES string of the molecule is COc1ccc([C@@H](C)[C@H](C)S(=O)(=O)Cc2nnc(-c3ccn(C)n3)n2-c2c(OC)ncnc2OC)nc1. The van der Waals surface area contributed by atoms with Gasteiger partial charge in [-0.05, 0) is 25.1 Å². The van der Waals surface area contributed by atoms with E-state index < -0.39 is 26.8 Å². The van der Waals surface area contributed by atoms with Crippen LogP contribution in [0.1, 0.15) is 31.3 Å². The van der Waals surface area contributed by atoms with Crippen LogP contribution in [0.3, 0.4) is 0 Å². The van der Waals surface area contributed by atoms with Gasteiger partial charge in [0.25, 0.3) is 0 Å². The van der Waals surface area contributed by atoms with Crippen molar-refractivity contribution in [3.05, 3.63) is 48.4 Å². The van der Waals surface area contributed by atoms with Crippen LogP contribution >= 0.6 is 0 Å². The van der Waals surface area contributed by atoms with Crippen molar-refractivity contribution in [1.82, 2.24) is 39.5 Å². The molecule has 4 heterocycles. The molecule has 13 nitrogen and oxygen atoms in total. The number of rotatable bonds is 10. The molecule has 0 aliphatic heterocycles. The molecular formula is C23H28N8O5S. The van der Waals surface area contributed by atoms with Gasteiger partial charge in [-0.25, -0.2) is 8.42 Å². The smallest absolute Gasteiger partial charge is 0.245 e. The molecule has 0 spiro atoms. The number of ether oxygens (including phenoxy) is 3. The van der Waals surface area contributed by atoms with Crippen molar-refractivity contribution in [2.24, 2.45) is 7.05 Å². The molecular weight excluding hydrogens is 500 g/mol. The lowest BCUT2D eigenvalue weighted by atomic mass is 10.0. The van der Waals surface area contributed by atoms with Crippen LogP contribution in [0.4, 0.5) is 0 Å². The zero-order valence-corrected chi connectivity index (χ0v) is 22.2. The number of hydrogen-bond donors (Lipinski definition) is 0. The van der Waals surface area contributed by atoms with Gasteiger partial charge in [0.05, 0.1) is 32.8 Å². The van der Waals surface area contributed by atoms with Crippen molar-refractivity contribution in [1.29, 1.82) is 0 Å². The van der Waals surface area contributed by atoms with E-state index in [0.29, 0.717) is 17.1 Å². The summed E-state index contributed by atoms with van der Waals surface area (Å²) in [5.74, 6) is 0.512. The number of pyridine rings is 1.